The van der Waals surface area contributed by atoms with E-state index in [2.05, 4.69) is 16.0 Å². The largest absolute Gasteiger partial charge is 0.350 e. The van der Waals surface area contributed by atoms with Gasteiger partial charge in [-0.1, -0.05) is 0 Å². The first-order valence-electron chi connectivity index (χ1n) is 7.21. The summed E-state index contributed by atoms with van der Waals surface area (Å²) in [6.07, 6.45) is 2.22. The SMILES string of the molecule is CC(NC(=O)CSC1CCNCC1)C(=O)NC(C)(C)C. The second-order valence-corrected chi connectivity index (χ2v) is 7.58. The molecule has 0 aromatic carbocycles. The van der Waals surface area contributed by atoms with Gasteiger partial charge in [-0.3, -0.25) is 9.59 Å². The lowest BCUT2D eigenvalue weighted by Gasteiger charge is -2.24. The number of hydrogen-bond donors (Lipinski definition) is 3. The van der Waals surface area contributed by atoms with Gasteiger partial charge in [-0.2, -0.15) is 0 Å². The maximum atomic E-state index is 11.9. The molecule has 1 aliphatic heterocycles. The molecule has 1 rings (SSSR count). The van der Waals surface area contributed by atoms with Crippen molar-refractivity contribution in [3.63, 3.8) is 0 Å². The summed E-state index contributed by atoms with van der Waals surface area (Å²) in [7, 11) is 0. The Bertz CT molecular complexity index is 336. The molecule has 1 fully saturated rings. The zero-order chi connectivity index (χ0) is 15.2. The molecule has 1 aliphatic rings. The van der Waals surface area contributed by atoms with Crippen molar-refractivity contribution in [2.24, 2.45) is 0 Å². The number of carbonyl (C=O) groups is 2. The van der Waals surface area contributed by atoms with E-state index in [1.165, 1.54) is 0 Å². The Morgan fingerprint density at radius 3 is 2.45 bits per heavy atom. The van der Waals surface area contributed by atoms with E-state index in [1.54, 1.807) is 18.7 Å². The van der Waals surface area contributed by atoms with Crippen molar-refractivity contribution < 1.29 is 9.59 Å². The van der Waals surface area contributed by atoms with E-state index >= 15 is 0 Å². The predicted octanol–water partition coefficient (Wildman–Crippen LogP) is 0.891. The first-order chi connectivity index (χ1) is 9.28. The lowest BCUT2D eigenvalue weighted by atomic mass is 10.1. The maximum absolute atomic E-state index is 11.9. The Hall–Kier alpha value is -0.750. The Morgan fingerprint density at radius 1 is 1.30 bits per heavy atom. The van der Waals surface area contributed by atoms with Gasteiger partial charge in [-0.15, -0.1) is 11.8 Å². The average molecular weight is 301 g/mol. The van der Waals surface area contributed by atoms with E-state index in [9.17, 15) is 9.59 Å². The first kappa shape index (κ1) is 17.3. The second-order valence-electron chi connectivity index (χ2n) is 6.29. The monoisotopic (exact) mass is 301 g/mol. The standard InChI is InChI=1S/C14H27N3O2S/c1-10(13(19)17-14(2,3)4)16-12(18)9-20-11-5-7-15-8-6-11/h10-11,15H,5-9H2,1-4H3,(H,16,18)(H,17,19). The summed E-state index contributed by atoms with van der Waals surface area (Å²) in [6.45, 7) is 9.55. The summed E-state index contributed by atoms with van der Waals surface area (Å²) < 4.78 is 0. The third-order valence-electron chi connectivity index (χ3n) is 3.01. The van der Waals surface area contributed by atoms with Crippen LogP contribution in [0.15, 0.2) is 0 Å². The van der Waals surface area contributed by atoms with Crippen molar-refractivity contribution in [2.45, 2.75) is 57.4 Å². The smallest absolute Gasteiger partial charge is 0.242 e. The summed E-state index contributed by atoms with van der Waals surface area (Å²) in [6, 6.07) is -0.490. The van der Waals surface area contributed by atoms with Crippen molar-refractivity contribution in [1.29, 1.82) is 0 Å². The summed E-state index contributed by atoms with van der Waals surface area (Å²) in [5.74, 6) is 0.223. The summed E-state index contributed by atoms with van der Waals surface area (Å²) in [4.78, 5) is 23.7. The number of nitrogens with one attached hydrogen (secondary N) is 3. The van der Waals surface area contributed by atoms with Gasteiger partial charge >= 0.3 is 0 Å². The van der Waals surface area contributed by atoms with E-state index in [-0.39, 0.29) is 17.4 Å². The van der Waals surface area contributed by atoms with Crippen molar-refractivity contribution in [3.8, 4) is 0 Å². The maximum Gasteiger partial charge on any atom is 0.242 e. The molecule has 0 bridgehead atoms. The molecule has 2 amide bonds. The van der Waals surface area contributed by atoms with Crippen molar-refractivity contribution in [2.75, 3.05) is 18.8 Å². The van der Waals surface area contributed by atoms with E-state index in [0.717, 1.165) is 25.9 Å². The first-order valence-corrected chi connectivity index (χ1v) is 8.26. The van der Waals surface area contributed by atoms with Gasteiger partial charge in [0.05, 0.1) is 5.75 Å². The van der Waals surface area contributed by atoms with Crippen LogP contribution in [0.5, 0.6) is 0 Å². The Morgan fingerprint density at radius 2 is 1.90 bits per heavy atom. The molecule has 1 atom stereocenters. The number of hydrogen-bond acceptors (Lipinski definition) is 4. The van der Waals surface area contributed by atoms with E-state index in [1.807, 2.05) is 20.8 Å². The van der Waals surface area contributed by atoms with Crippen LogP contribution in [0.4, 0.5) is 0 Å². The van der Waals surface area contributed by atoms with E-state index in [4.69, 9.17) is 0 Å². The molecule has 116 valence electrons. The van der Waals surface area contributed by atoms with Crippen LogP contribution < -0.4 is 16.0 Å². The normalized spacial score (nSPS) is 18.4. The minimum Gasteiger partial charge on any atom is -0.350 e. The number of rotatable bonds is 5. The number of piperidine rings is 1. The lowest BCUT2D eigenvalue weighted by molar-refractivity contribution is -0.128. The van der Waals surface area contributed by atoms with Crippen molar-refractivity contribution >= 4 is 23.6 Å². The van der Waals surface area contributed by atoms with Crippen LogP contribution in [0, 0.1) is 0 Å². The molecule has 1 unspecified atom stereocenters. The Balaban J connectivity index is 2.25. The molecule has 6 heteroatoms. The minimum atomic E-state index is -0.490. The lowest BCUT2D eigenvalue weighted by Crippen LogP contribution is -2.51. The molecule has 1 saturated heterocycles. The fourth-order valence-electron chi connectivity index (χ4n) is 1.98. The van der Waals surface area contributed by atoms with Gasteiger partial charge in [0.15, 0.2) is 0 Å². The molecule has 0 aliphatic carbocycles. The third-order valence-corrected chi connectivity index (χ3v) is 4.38. The van der Waals surface area contributed by atoms with Crippen LogP contribution >= 0.6 is 11.8 Å². The molecule has 0 spiro atoms. The van der Waals surface area contributed by atoms with Crippen LogP contribution in [0.25, 0.3) is 0 Å². The van der Waals surface area contributed by atoms with Gasteiger partial charge < -0.3 is 16.0 Å². The Labute approximate surface area is 126 Å². The molecule has 0 aromatic heterocycles. The van der Waals surface area contributed by atoms with Crippen molar-refractivity contribution in [1.82, 2.24) is 16.0 Å². The topological polar surface area (TPSA) is 70.2 Å². The zero-order valence-corrected chi connectivity index (χ0v) is 13.7. The molecule has 5 nitrogen and oxygen atoms in total. The summed E-state index contributed by atoms with van der Waals surface area (Å²) in [5, 5.41) is 9.48. The Kier molecular flexibility index (Phi) is 6.82. The molecular weight excluding hydrogens is 274 g/mol. The fourth-order valence-corrected chi connectivity index (χ4v) is 3.02. The highest BCUT2D eigenvalue weighted by Crippen LogP contribution is 2.19. The highest BCUT2D eigenvalue weighted by Gasteiger charge is 2.21. The van der Waals surface area contributed by atoms with Gasteiger partial charge in [0.1, 0.15) is 6.04 Å². The molecule has 0 saturated carbocycles. The molecule has 1 heterocycles. The third kappa shape index (κ3) is 7.14. The van der Waals surface area contributed by atoms with Gasteiger partial charge in [0.2, 0.25) is 11.8 Å². The van der Waals surface area contributed by atoms with Gasteiger partial charge in [-0.25, -0.2) is 0 Å². The van der Waals surface area contributed by atoms with E-state index < -0.39 is 6.04 Å². The van der Waals surface area contributed by atoms with E-state index in [0.29, 0.717) is 11.0 Å². The zero-order valence-electron chi connectivity index (χ0n) is 12.9. The number of thioether (sulfide) groups is 1. The molecule has 0 radical (unpaired) electrons. The van der Waals surface area contributed by atoms with Gasteiger partial charge in [0, 0.05) is 10.8 Å². The fraction of sp³-hybridized carbons (Fsp3) is 0.857. The quantitative estimate of drug-likeness (QED) is 0.705. The summed E-state index contributed by atoms with van der Waals surface area (Å²) >= 11 is 1.69. The summed E-state index contributed by atoms with van der Waals surface area (Å²) in [5.41, 5.74) is -0.278. The van der Waals surface area contributed by atoms with Crippen LogP contribution in [-0.2, 0) is 9.59 Å². The average Bonchev–Trinajstić information content (AvgIpc) is 2.35. The minimum absolute atomic E-state index is 0.0647. The molecular formula is C14H27N3O2S. The van der Waals surface area contributed by atoms with Crippen molar-refractivity contribution in [3.05, 3.63) is 0 Å². The highest BCUT2D eigenvalue weighted by molar-refractivity contribution is 8.00. The van der Waals surface area contributed by atoms with Crippen LogP contribution in [0.3, 0.4) is 0 Å². The van der Waals surface area contributed by atoms with Gasteiger partial charge in [-0.05, 0) is 53.6 Å². The second kappa shape index (κ2) is 7.88. The number of carbonyl (C=O) groups excluding carboxylic acids is 2. The predicted molar refractivity (Wildman–Crippen MR) is 83.9 cm³/mol. The number of amides is 2. The molecule has 0 aromatic rings. The van der Waals surface area contributed by atoms with Crippen LogP contribution in [0.1, 0.15) is 40.5 Å². The van der Waals surface area contributed by atoms with Crippen LogP contribution in [0.2, 0.25) is 0 Å². The van der Waals surface area contributed by atoms with Crippen LogP contribution in [-0.4, -0.2) is 47.5 Å². The molecule has 3 N–H and O–H groups in total. The molecule has 20 heavy (non-hydrogen) atoms. The highest BCUT2D eigenvalue weighted by atomic mass is 32.2. The van der Waals surface area contributed by atoms with Gasteiger partial charge in [0.25, 0.3) is 0 Å².